The van der Waals surface area contributed by atoms with Gasteiger partial charge in [0.25, 0.3) is 0 Å². The summed E-state index contributed by atoms with van der Waals surface area (Å²) in [5.74, 6) is 0.577. The lowest BCUT2D eigenvalue weighted by molar-refractivity contribution is 0.262. The van der Waals surface area contributed by atoms with Crippen LogP contribution < -0.4 is 15.5 Å². The van der Waals surface area contributed by atoms with E-state index in [-0.39, 0.29) is 6.03 Å². The van der Waals surface area contributed by atoms with Crippen molar-refractivity contribution in [2.45, 2.75) is 0 Å². The van der Waals surface area contributed by atoms with E-state index in [1.807, 2.05) is 14.1 Å². The van der Waals surface area contributed by atoms with Crippen molar-refractivity contribution >= 4 is 35.0 Å². The van der Waals surface area contributed by atoms with Gasteiger partial charge >= 0.3 is 6.03 Å². The van der Waals surface area contributed by atoms with Crippen LogP contribution in [-0.2, 0) is 0 Å². The summed E-state index contributed by atoms with van der Waals surface area (Å²) in [7, 11) is 3.69. The summed E-state index contributed by atoms with van der Waals surface area (Å²) in [6, 6.07) is 6.47. The van der Waals surface area contributed by atoms with Gasteiger partial charge in [-0.1, -0.05) is 11.6 Å². The molecule has 0 bridgehead atoms. The van der Waals surface area contributed by atoms with E-state index >= 15 is 0 Å². The molecule has 2 N–H and O–H groups in total. The third-order valence-corrected chi connectivity index (χ3v) is 2.65. The van der Waals surface area contributed by atoms with Crippen molar-refractivity contribution in [3.8, 4) is 0 Å². The molecule has 0 unspecified atom stereocenters. The smallest absolute Gasteiger partial charge is 0.323 e. The molecule has 104 valence electrons. The van der Waals surface area contributed by atoms with Gasteiger partial charge in [0.05, 0.1) is 18.1 Å². The van der Waals surface area contributed by atoms with Crippen molar-refractivity contribution < 1.29 is 4.79 Å². The van der Waals surface area contributed by atoms with Gasteiger partial charge < -0.3 is 15.5 Å². The van der Waals surface area contributed by atoms with Crippen LogP contribution in [0.15, 0.2) is 36.7 Å². The highest BCUT2D eigenvalue weighted by Crippen LogP contribution is 2.14. The summed E-state index contributed by atoms with van der Waals surface area (Å²) >= 11 is 5.77. The molecule has 0 aliphatic rings. The van der Waals surface area contributed by atoms with Crippen molar-refractivity contribution in [1.82, 2.24) is 9.97 Å². The second kappa shape index (κ2) is 6.21. The summed E-state index contributed by atoms with van der Waals surface area (Å²) in [6.07, 6.45) is 3.09. The molecule has 1 aromatic carbocycles. The van der Waals surface area contributed by atoms with E-state index in [1.165, 1.54) is 0 Å². The fourth-order valence-electron chi connectivity index (χ4n) is 1.44. The zero-order valence-electron chi connectivity index (χ0n) is 11.1. The van der Waals surface area contributed by atoms with E-state index in [4.69, 9.17) is 11.6 Å². The Morgan fingerprint density at radius 3 is 2.15 bits per heavy atom. The average Bonchev–Trinajstić information content (AvgIpc) is 2.42. The number of aromatic nitrogens is 2. The molecule has 0 aliphatic carbocycles. The second-order valence-electron chi connectivity index (χ2n) is 4.25. The van der Waals surface area contributed by atoms with Gasteiger partial charge in [0.1, 0.15) is 0 Å². The Labute approximate surface area is 121 Å². The van der Waals surface area contributed by atoms with Gasteiger partial charge in [-0.15, -0.1) is 0 Å². The fraction of sp³-hybridized carbons (Fsp3) is 0.154. The number of hydrogen-bond acceptors (Lipinski definition) is 4. The summed E-state index contributed by atoms with van der Waals surface area (Å²) in [5.41, 5.74) is 1.17. The van der Waals surface area contributed by atoms with Crippen molar-refractivity contribution in [2.75, 3.05) is 29.6 Å². The van der Waals surface area contributed by atoms with Crippen LogP contribution >= 0.6 is 11.6 Å². The Kier molecular flexibility index (Phi) is 4.37. The van der Waals surface area contributed by atoms with Gasteiger partial charge in [0.2, 0.25) is 5.95 Å². The molecule has 0 saturated carbocycles. The van der Waals surface area contributed by atoms with Crippen LogP contribution in [0.3, 0.4) is 0 Å². The quantitative estimate of drug-likeness (QED) is 0.912. The van der Waals surface area contributed by atoms with Gasteiger partial charge in [-0.3, -0.25) is 0 Å². The first-order valence-corrected chi connectivity index (χ1v) is 6.25. The maximum atomic E-state index is 11.8. The van der Waals surface area contributed by atoms with E-state index in [1.54, 1.807) is 41.6 Å². The highest BCUT2D eigenvalue weighted by atomic mass is 35.5. The third kappa shape index (κ3) is 3.83. The number of carbonyl (C=O) groups is 1. The van der Waals surface area contributed by atoms with E-state index < -0.39 is 0 Å². The second-order valence-corrected chi connectivity index (χ2v) is 4.69. The van der Waals surface area contributed by atoms with E-state index in [0.717, 1.165) is 0 Å². The highest BCUT2D eigenvalue weighted by Gasteiger charge is 2.04. The molecule has 20 heavy (non-hydrogen) atoms. The van der Waals surface area contributed by atoms with E-state index in [2.05, 4.69) is 20.6 Å². The minimum atomic E-state index is -0.367. The predicted molar refractivity (Wildman–Crippen MR) is 80.5 cm³/mol. The van der Waals surface area contributed by atoms with Crippen molar-refractivity contribution in [3.05, 3.63) is 41.7 Å². The lowest BCUT2D eigenvalue weighted by atomic mass is 10.3. The Bertz CT molecular complexity index is 583. The summed E-state index contributed by atoms with van der Waals surface area (Å²) in [5, 5.41) is 5.94. The molecule has 0 aliphatic heterocycles. The maximum absolute atomic E-state index is 11.8. The largest absolute Gasteiger partial charge is 0.347 e. The van der Waals surface area contributed by atoms with Crippen LogP contribution in [0.25, 0.3) is 0 Å². The lowest BCUT2D eigenvalue weighted by Crippen LogP contribution is -2.20. The van der Waals surface area contributed by atoms with Gasteiger partial charge in [-0.05, 0) is 24.3 Å². The third-order valence-electron chi connectivity index (χ3n) is 2.40. The molecule has 2 aromatic rings. The van der Waals surface area contributed by atoms with Gasteiger partial charge in [0, 0.05) is 24.8 Å². The molecule has 2 amide bonds. The van der Waals surface area contributed by atoms with Crippen LogP contribution in [0, 0.1) is 0 Å². The Balaban J connectivity index is 1.95. The van der Waals surface area contributed by atoms with Crippen LogP contribution in [0.5, 0.6) is 0 Å². The molecule has 0 radical (unpaired) electrons. The van der Waals surface area contributed by atoms with Crippen LogP contribution in [0.2, 0.25) is 5.02 Å². The molecule has 2 rings (SSSR count). The van der Waals surface area contributed by atoms with Gasteiger partial charge in [0.15, 0.2) is 0 Å². The maximum Gasteiger partial charge on any atom is 0.323 e. The number of urea groups is 1. The zero-order chi connectivity index (χ0) is 14.5. The number of nitrogens with zero attached hydrogens (tertiary/aromatic N) is 3. The first-order chi connectivity index (χ1) is 9.54. The molecular weight excluding hydrogens is 278 g/mol. The van der Waals surface area contributed by atoms with E-state index in [9.17, 15) is 4.79 Å². The number of halogens is 1. The first-order valence-electron chi connectivity index (χ1n) is 5.87. The molecule has 6 nitrogen and oxygen atoms in total. The molecule has 1 aromatic heterocycles. The minimum absolute atomic E-state index is 0.367. The number of hydrogen-bond donors (Lipinski definition) is 2. The monoisotopic (exact) mass is 291 g/mol. The number of rotatable bonds is 3. The highest BCUT2D eigenvalue weighted by molar-refractivity contribution is 6.30. The van der Waals surface area contributed by atoms with Crippen LogP contribution in [0.4, 0.5) is 22.1 Å². The molecular formula is C13H14ClN5O. The minimum Gasteiger partial charge on any atom is -0.347 e. The summed E-state index contributed by atoms with van der Waals surface area (Å²) in [4.78, 5) is 21.7. The lowest BCUT2D eigenvalue weighted by Gasteiger charge is -2.10. The topological polar surface area (TPSA) is 70.2 Å². The number of carbonyl (C=O) groups excluding carboxylic acids is 1. The standard InChI is InChI=1S/C13H14ClN5O/c1-19(2)12-15-7-11(8-16-12)18-13(20)17-10-5-3-9(14)4-6-10/h3-8H,1-2H3,(H2,17,18,20). The molecule has 0 fully saturated rings. The predicted octanol–water partition coefficient (Wildman–Crippen LogP) is 2.84. The Hall–Kier alpha value is -2.34. The van der Waals surface area contributed by atoms with Crippen LogP contribution in [0.1, 0.15) is 0 Å². The van der Waals surface area contributed by atoms with Crippen LogP contribution in [-0.4, -0.2) is 30.1 Å². The Morgan fingerprint density at radius 2 is 1.60 bits per heavy atom. The first kappa shape index (κ1) is 14.1. The number of nitrogens with one attached hydrogen (secondary N) is 2. The van der Waals surface area contributed by atoms with Crippen molar-refractivity contribution in [1.29, 1.82) is 0 Å². The van der Waals surface area contributed by atoms with Gasteiger partial charge in [-0.25, -0.2) is 14.8 Å². The molecule has 0 atom stereocenters. The molecule has 1 heterocycles. The number of benzene rings is 1. The normalized spacial score (nSPS) is 9.95. The van der Waals surface area contributed by atoms with Gasteiger partial charge in [-0.2, -0.15) is 0 Å². The Morgan fingerprint density at radius 1 is 1.05 bits per heavy atom. The van der Waals surface area contributed by atoms with Crippen molar-refractivity contribution in [3.63, 3.8) is 0 Å². The average molecular weight is 292 g/mol. The zero-order valence-corrected chi connectivity index (χ0v) is 11.8. The number of anilines is 3. The molecule has 0 saturated heterocycles. The van der Waals surface area contributed by atoms with Crippen molar-refractivity contribution in [2.24, 2.45) is 0 Å². The fourth-order valence-corrected chi connectivity index (χ4v) is 1.57. The SMILES string of the molecule is CN(C)c1ncc(NC(=O)Nc2ccc(Cl)cc2)cn1. The molecule has 0 spiro atoms. The van der Waals surface area contributed by atoms with E-state index in [0.29, 0.717) is 22.3 Å². The summed E-state index contributed by atoms with van der Waals surface area (Å²) < 4.78 is 0. The number of amides is 2. The molecule has 7 heteroatoms. The summed E-state index contributed by atoms with van der Waals surface area (Å²) in [6.45, 7) is 0.